The van der Waals surface area contributed by atoms with Gasteiger partial charge in [0.15, 0.2) is 4.34 Å². The molecule has 2 heterocycles. The van der Waals surface area contributed by atoms with Crippen LogP contribution in [0, 0.1) is 5.82 Å². The number of halogens is 1. The first-order valence-corrected chi connectivity index (χ1v) is 11.1. The highest BCUT2D eigenvalue weighted by molar-refractivity contribution is 8.01. The first-order valence-electron chi connectivity index (χ1n) is 9.25. The Morgan fingerprint density at radius 3 is 3.07 bits per heavy atom. The second-order valence-electron chi connectivity index (χ2n) is 6.49. The highest BCUT2D eigenvalue weighted by Gasteiger charge is 2.30. The zero-order valence-corrected chi connectivity index (χ0v) is 17.3. The van der Waals surface area contributed by atoms with Crippen LogP contribution in [-0.2, 0) is 11.2 Å². The van der Waals surface area contributed by atoms with Crippen molar-refractivity contribution in [3.63, 3.8) is 0 Å². The molecule has 0 saturated carbocycles. The summed E-state index contributed by atoms with van der Waals surface area (Å²) in [6.07, 6.45) is 0.566. The van der Waals surface area contributed by atoms with Crippen LogP contribution in [0.3, 0.4) is 0 Å². The summed E-state index contributed by atoms with van der Waals surface area (Å²) in [5, 5.41) is 13.5. The van der Waals surface area contributed by atoms with Crippen molar-refractivity contribution in [1.29, 1.82) is 0 Å². The second-order valence-corrected chi connectivity index (χ2v) is 8.69. The van der Waals surface area contributed by atoms with E-state index in [9.17, 15) is 14.0 Å². The SMILES string of the molecule is O=C(O)Oc1csc(SCCN2C(=O)CC[C@@H]2CNCCc2ccccc2F)n1. The van der Waals surface area contributed by atoms with Crippen LogP contribution in [0.1, 0.15) is 18.4 Å². The molecule has 1 saturated heterocycles. The summed E-state index contributed by atoms with van der Waals surface area (Å²) in [4.78, 5) is 28.7. The maximum atomic E-state index is 13.7. The van der Waals surface area contributed by atoms with Crippen LogP contribution in [0.2, 0.25) is 0 Å². The van der Waals surface area contributed by atoms with Gasteiger partial charge in [0.2, 0.25) is 11.8 Å². The number of hydrogen-bond acceptors (Lipinski definition) is 7. The van der Waals surface area contributed by atoms with Crippen LogP contribution in [0.25, 0.3) is 0 Å². The van der Waals surface area contributed by atoms with Gasteiger partial charge in [-0.3, -0.25) is 4.79 Å². The van der Waals surface area contributed by atoms with E-state index in [2.05, 4.69) is 15.0 Å². The van der Waals surface area contributed by atoms with Crippen molar-refractivity contribution in [3.05, 3.63) is 41.0 Å². The van der Waals surface area contributed by atoms with E-state index in [1.807, 2.05) is 11.0 Å². The number of ether oxygens (including phenoxy) is 1. The molecule has 1 aromatic carbocycles. The van der Waals surface area contributed by atoms with Crippen molar-refractivity contribution in [2.75, 3.05) is 25.4 Å². The number of carboxylic acid groups (broad SMARTS) is 1. The first kappa shape index (κ1) is 21.5. The van der Waals surface area contributed by atoms with Gasteiger partial charge in [-0.15, -0.1) is 11.3 Å². The average molecular weight is 440 g/mol. The van der Waals surface area contributed by atoms with Gasteiger partial charge in [-0.2, -0.15) is 4.98 Å². The molecule has 3 rings (SSSR count). The lowest BCUT2D eigenvalue weighted by Gasteiger charge is -2.25. The zero-order chi connectivity index (χ0) is 20.6. The van der Waals surface area contributed by atoms with Gasteiger partial charge in [0.05, 0.1) is 5.38 Å². The maximum absolute atomic E-state index is 13.7. The maximum Gasteiger partial charge on any atom is 0.512 e. The highest BCUT2D eigenvalue weighted by Crippen LogP contribution is 2.27. The van der Waals surface area contributed by atoms with Crippen LogP contribution in [-0.4, -0.2) is 58.5 Å². The Bertz CT molecular complexity index is 848. The summed E-state index contributed by atoms with van der Waals surface area (Å²) in [6.45, 7) is 1.93. The lowest BCUT2D eigenvalue weighted by Crippen LogP contribution is -2.41. The van der Waals surface area contributed by atoms with Gasteiger partial charge < -0.3 is 20.1 Å². The molecule has 156 valence electrons. The fourth-order valence-electron chi connectivity index (χ4n) is 3.18. The first-order chi connectivity index (χ1) is 14.0. The van der Waals surface area contributed by atoms with Gasteiger partial charge in [-0.25, -0.2) is 9.18 Å². The molecular formula is C19H22FN3O4S2. The molecule has 7 nitrogen and oxygen atoms in total. The Balaban J connectivity index is 1.40. The number of likely N-dealkylation sites (tertiary alicyclic amines) is 1. The number of rotatable bonds is 10. The quantitative estimate of drug-likeness (QED) is 0.334. The lowest BCUT2D eigenvalue weighted by molar-refractivity contribution is -0.128. The second kappa shape index (κ2) is 10.6. The minimum atomic E-state index is -1.39. The van der Waals surface area contributed by atoms with Crippen LogP contribution < -0.4 is 10.1 Å². The monoisotopic (exact) mass is 439 g/mol. The number of thiazole rings is 1. The Hall–Kier alpha value is -2.17. The van der Waals surface area contributed by atoms with Crippen molar-refractivity contribution in [1.82, 2.24) is 15.2 Å². The predicted molar refractivity (Wildman–Crippen MR) is 109 cm³/mol. The standard InChI is InChI=1S/C19H22FN3O4S2/c20-15-4-2-1-3-13(15)7-8-21-11-14-5-6-17(24)23(14)9-10-28-18-22-16(12-29-18)27-19(25)26/h1-4,12,14,21H,5-11H2,(H,25,26)/t14-/m1/s1. The molecule has 29 heavy (non-hydrogen) atoms. The Kier molecular flexibility index (Phi) is 7.84. The Morgan fingerprint density at radius 1 is 1.45 bits per heavy atom. The normalized spacial score (nSPS) is 16.4. The summed E-state index contributed by atoms with van der Waals surface area (Å²) in [5.74, 6) is 0.681. The van der Waals surface area contributed by atoms with E-state index in [0.29, 0.717) is 48.1 Å². The van der Waals surface area contributed by atoms with Gasteiger partial charge in [0.1, 0.15) is 5.82 Å². The number of amides is 1. The van der Waals surface area contributed by atoms with E-state index in [0.717, 1.165) is 6.42 Å². The summed E-state index contributed by atoms with van der Waals surface area (Å²) >= 11 is 2.77. The number of hydrogen-bond donors (Lipinski definition) is 2. The molecule has 0 aliphatic carbocycles. The number of thioether (sulfide) groups is 1. The van der Waals surface area contributed by atoms with Crippen LogP contribution in [0.5, 0.6) is 5.88 Å². The Labute approximate surface area is 176 Å². The molecule has 1 amide bonds. The molecule has 0 spiro atoms. The Morgan fingerprint density at radius 2 is 2.28 bits per heavy atom. The molecule has 1 aromatic heterocycles. The third kappa shape index (κ3) is 6.41. The summed E-state index contributed by atoms with van der Waals surface area (Å²) in [5.41, 5.74) is 0.686. The van der Waals surface area contributed by atoms with Crippen molar-refractivity contribution in [2.45, 2.75) is 29.6 Å². The highest BCUT2D eigenvalue weighted by atomic mass is 32.2. The van der Waals surface area contributed by atoms with E-state index < -0.39 is 6.16 Å². The molecule has 1 fully saturated rings. The lowest BCUT2D eigenvalue weighted by atomic mass is 10.1. The molecule has 0 unspecified atom stereocenters. The van der Waals surface area contributed by atoms with Crippen LogP contribution >= 0.6 is 23.1 Å². The minimum absolute atomic E-state index is 0.0687. The summed E-state index contributed by atoms with van der Waals surface area (Å²) in [7, 11) is 0. The van der Waals surface area contributed by atoms with E-state index in [1.54, 1.807) is 17.5 Å². The number of benzene rings is 1. The summed E-state index contributed by atoms with van der Waals surface area (Å²) in [6, 6.07) is 6.88. The van der Waals surface area contributed by atoms with Gasteiger partial charge in [0, 0.05) is 31.3 Å². The van der Waals surface area contributed by atoms with Gasteiger partial charge in [0.25, 0.3) is 0 Å². The topological polar surface area (TPSA) is 91.8 Å². The number of carbonyl (C=O) groups excluding carboxylic acids is 1. The number of nitrogens with zero attached hydrogens (tertiary/aromatic N) is 2. The molecular weight excluding hydrogens is 417 g/mol. The van der Waals surface area contributed by atoms with E-state index >= 15 is 0 Å². The molecule has 1 aliphatic rings. The number of nitrogens with one attached hydrogen (secondary N) is 1. The van der Waals surface area contributed by atoms with Gasteiger partial charge >= 0.3 is 6.16 Å². The molecule has 2 N–H and O–H groups in total. The van der Waals surface area contributed by atoms with Crippen LogP contribution in [0.15, 0.2) is 34.0 Å². The van der Waals surface area contributed by atoms with Crippen molar-refractivity contribution >= 4 is 35.2 Å². The fourth-order valence-corrected chi connectivity index (χ4v) is 4.91. The zero-order valence-electron chi connectivity index (χ0n) is 15.7. The van der Waals surface area contributed by atoms with E-state index in [4.69, 9.17) is 5.11 Å². The molecule has 1 aliphatic heterocycles. The average Bonchev–Trinajstić information content (AvgIpc) is 3.27. The molecule has 0 radical (unpaired) electrons. The predicted octanol–water partition coefficient (Wildman–Crippen LogP) is 3.25. The van der Waals surface area contributed by atoms with Crippen LogP contribution in [0.4, 0.5) is 9.18 Å². The van der Waals surface area contributed by atoms with E-state index in [1.165, 1.54) is 29.2 Å². The van der Waals surface area contributed by atoms with Gasteiger partial charge in [-0.05, 0) is 31.0 Å². The minimum Gasteiger partial charge on any atom is -0.449 e. The van der Waals surface area contributed by atoms with Gasteiger partial charge in [-0.1, -0.05) is 30.0 Å². The third-order valence-electron chi connectivity index (χ3n) is 4.57. The van der Waals surface area contributed by atoms with Crippen molar-refractivity contribution in [2.24, 2.45) is 0 Å². The molecule has 0 bridgehead atoms. The van der Waals surface area contributed by atoms with Crippen molar-refractivity contribution < 1.29 is 23.8 Å². The van der Waals surface area contributed by atoms with Crippen molar-refractivity contribution in [3.8, 4) is 5.88 Å². The smallest absolute Gasteiger partial charge is 0.449 e. The molecule has 10 heteroatoms. The molecule has 1 atom stereocenters. The number of aromatic nitrogens is 1. The summed E-state index contributed by atoms with van der Waals surface area (Å²) < 4.78 is 18.9. The number of carbonyl (C=O) groups is 2. The third-order valence-corrected chi connectivity index (χ3v) is 6.55. The largest absolute Gasteiger partial charge is 0.512 e. The van der Waals surface area contributed by atoms with E-state index in [-0.39, 0.29) is 23.6 Å². The molecule has 2 aromatic rings. The fraction of sp³-hybridized carbons (Fsp3) is 0.421.